The summed E-state index contributed by atoms with van der Waals surface area (Å²) in [5.74, 6) is 0. The van der Waals surface area contributed by atoms with Crippen LogP contribution < -0.4 is 31.1 Å². The van der Waals surface area contributed by atoms with Crippen LogP contribution in [0.15, 0.2) is 164 Å². The first-order valence-corrected chi connectivity index (χ1v) is 23.1. The van der Waals surface area contributed by atoms with Crippen molar-refractivity contribution in [3.05, 3.63) is 180 Å². The Morgan fingerprint density at radius 2 is 0.562 bits per heavy atom. The van der Waals surface area contributed by atoms with Gasteiger partial charge in [-0.15, -0.1) is 0 Å². The second kappa shape index (κ2) is 13.4. The van der Waals surface area contributed by atoms with Gasteiger partial charge >= 0.3 is 0 Å². The normalized spacial score (nSPS) is 14.2. The van der Waals surface area contributed by atoms with Crippen molar-refractivity contribution < 1.29 is 0 Å². The molecule has 0 N–H and O–H groups in total. The maximum absolute atomic E-state index is 2.62. The van der Waals surface area contributed by atoms with Gasteiger partial charge in [-0.2, -0.15) is 0 Å². The molecule has 4 heteroatoms. The molecular weight excluding hydrogens is 773 g/mol. The van der Waals surface area contributed by atoms with Gasteiger partial charge in [0.2, 0.25) is 0 Å². The van der Waals surface area contributed by atoms with Crippen LogP contribution in [0.2, 0.25) is 0 Å². The van der Waals surface area contributed by atoms with Crippen molar-refractivity contribution >= 4 is 107 Å². The summed E-state index contributed by atoms with van der Waals surface area (Å²) < 4.78 is 0. The van der Waals surface area contributed by atoms with Gasteiger partial charge in [-0.25, -0.2) is 0 Å². The molecule has 0 aliphatic carbocycles. The summed E-state index contributed by atoms with van der Waals surface area (Å²) >= 11 is 0. The minimum Gasteiger partial charge on any atom is -0.311 e. The third-order valence-corrected chi connectivity index (χ3v) is 14.4. The second-order valence-corrected chi connectivity index (χ2v) is 21.5. The zero-order valence-corrected chi connectivity index (χ0v) is 38.5. The van der Waals surface area contributed by atoms with Crippen LogP contribution in [0.5, 0.6) is 0 Å². The van der Waals surface area contributed by atoms with Crippen LogP contribution in [0.1, 0.15) is 79.0 Å². The molecule has 0 unspecified atom stereocenters. The predicted octanol–water partition coefficient (Wildman–Crippen LogP) is 14.9. The first-order chi connectivity index (χ1) is 30.7. The zero-order valence-electron chi connectivity index (χ0n) is 38.5. The lowest BCUT2D eigenvalue weighted by atomic mass is 9.31. The molecule has 0 fully saturated rings. The quantitative estimate of drug-likeness (QED) is 0.164. The molecule has 9 aromatic rings. The lowest BCUT2D eigenvalue weighted by Crippen LogP contribution is -2.65. The summed E-state index contributed by atoms with van der Waals surface area (Å²) in [5.41, 5.74) is 19.1. The van der Waals surface area contributed by atoms with Crippen molar-refractivity contribution in [3.63, 3.8) is 0 Å². The Balaban J connectivity index is 1.28. The van der Waals surface area contributed by atoms with Crippen molar-refractivity contribution in [1.82, 2.24) is 0 Å². The van der Waals surface area contributed by atoms with Crippen LogP contribution in [-0.4, -0.2) is 6.71 Å². The van der Waals surface area contributed by atoms with Gasteiger partial charge in [-0.1, -0.05) is 172 Å². The van der Waals surface area contributed by atoms with E-state index < -0.39 is 0 Å². The van der Waals surface area contributed by atoms with Crippen LogP contribution in [0.3, 0.4) is 0 Å². The number of nitrogens with zero attached hydrogens (tertiary/aromatic N) is 3. The number of benzene rings is 9. The molecule has 0 radical (unpaired) electrons. The first-order valence-electron chi connectivity index (χ1n) is 23.1. The summed E-state index contributed by atoms with van der Waals surface area (Å²) in [7, 11) is 0. The highest BCUT2D eigenvalue weighted by Crippen LogP contribution is 2.55. The van der Waals surface area contributed by atoms with E-state index in [-0.39, 0.29) is 23.0 Å². The number of fused-ring (bicyclic) bond motifs is 6. The van der Waals surface area contributed by atoms with Crippen LogP contribution >= 0.6 is 0 Å². The summed E-state index contributed by atoms with van der Waals surface area (Å²) in [6.07, 6.45) is 0. The van der Waals surface area contributed by atoms with Gasteiger partial charge in [-0.3, -0.25) is 0 Å². The fourth-order valence-electron chi connectivity index (χ4n) is 11.1. The van der Waals surface area contributed by atoms with E-state index in [0.717, 1.165) is 0 Å². The minimum absolute atomic E-state index is 0.0286. The Hall–Kier alpha value is -6.78. The molecule has 0 amide bonds. The highest BCUT2D eigenvalue weighted by atomic mass is 15.2. The Kier molecular flexibility index (Phi) is 8.12. The van der Waals surface area contributed by atoms with E-state index >= 15 is 0 Å². The Bertz CT molecular complexity index is 3020. The van der Waals surface area contributed by atoms with Crippen molar-refractivity contribution in [3.8, 4) is 0 Å². The number of hydrogen-bond donors (Lipinski definition) is 0. The molecule has 0 saturated heterocycles. The highest BCUT2D eigenvalue weighted by Gasteiger charge is 2.51. The van der Waals surface area contributed by atoms with Gasteiger partial charge in [0.05, 0.1) is 17.1 Å². The van der Waals surface area contributed by atoms with E-state index in [1.54, 1.807) is 0 Å². The number of anilines is 9. The lowest BCUT2D eigenvalue weighted by molar-refractivity contribution is 0.590. The molecule has 12 rings (SSSR count). The molecule has 3 aliphatic heterocycles. The van der Waals surface area contributed by atoms with E-state index in [1.807, 2.05) is 0 Å². The van der Waals surface area contributed by atoms with E-state index in [9.17, 15) is 0 Å². The topological polar surface area (TPSA) is 9.72 Å². The summed E-state index contributed by atoms with van der Waals surface area (Å²) in [6, 6.07) is 62.9. The Morgan fingerprint density at radius 3 is 0.812 bits per heavy atom. The van der Waals surface area contributed by atoms with Gasteiger partial charge in [0, 0.05) is 50.3 Å². The van der Waals surface area contributed by atoms with Gasteiger partial charge in [0.1, 0.15) is 0 Å². The fourth-order valence-corrected chi connectivity index (χ4v) is 11.1. The van der Waals surface area contributed by atoms with Crippen LogP contribution in [0.4, 0.5) is 51.2 Å². The molecule has 312 valence electrons. The van der Waals surface area contributed by atoms with Gasteiger partial charge in [-0.05, 0) is 120 Å². The molecule has 3 heterocycles. The van der Waals surface area contributed by atoms with Crippen LogP contribution in [-0.2, 0) is 16.2 Å². The molecule has 0 bridgehead atoms. The minimum atomic E-state index is -0.0286. The smallest absolute Gasteiger partial charge is 0.257 e. The maximum Gasteiger partial charge on any atom is 0.257 e. The Labute approximate surface area is 378 Å². The average molecular weight is 828 g/mol. The van der Waals surface area contributed by atoms with Gasteiger partial charge in [0.25, 0.3) is 6.71 Å². The van der Waals surface area contributed by atoms with Crippen molar-refractivity contribution in [1.29, 1.82) is 0 Å². The molecular formula is C60H54BN3. The van der Waals surface area contributed by atoms with Crippen molar-refractivity contribution in [2.75, 3.05) is 14.7 Å². The SMILES string of the molecule is CC(C)(C)c1ccc(N2c3cc4ccccc4c4c3B3c5c(cc6ccccc6c52)N(c2ccc(C(C)(C)C)cc2)c2c3c(cc3ccccc23)N4c2ccc(C(C)(C)C)cc2)cc1. The fraction of sp³-hybridized carbons (Fsp3) is 0.200. The van der Waals surface area contributed by atoms with Gasteiger partial charge in [0.15, 0.2) is 0 Å². The van der Waals surface area contributed by atoms with E-state index in [0.29, 0.717) is 0 Å². The molecule has 0 aromatic heterocycles. The highest BCUT2D eigenvalue weighted by molar-refractivity contribution is 7.03. The largest absolute Gasteiger partial charge is 0.311 e. The molecule has 9 aromatic carbocycles. The monoisotopic (exact) mass is 827 g/mol. The third kappa shape index (κ3) is 5.60. The third-order valence-electron chi connectivity index (χ3n) is 14.4. The number of hydrogen-bond acceptors (Lipinski definition) is 3. The standard InChI is InChI=1S/C60H54BN3/c1-58(2,3)40-22-28-43(29-23-40)62-49-34-37-16-11-14-20-47(37)56-52(49)61-53-50(35-38-17-10-13-19-46(38)55(53)62)63(44-30-24-41(25-31-44)59(4,5)6)57-48-21-15-12-18-39(48)36-51(54(57)61)64(56)45-32-26-42(27-33-45)60(7,8)9/h10-36H,1-9H3. The average Bonchev–Trinajstić information content (AvgIpc) is 3.28. The predicted molar refractivity (Wildman–Crippen MR) is 277 cm³/mol. The van der Waals surface area contributed by atoms with Crippen LogP contribution in [0, 0.1) is 0 Å². The molecule has 64 heavy (non-hydrogen) atoms. The lowest BCUT2D eigenvalue weighted by Gasteiger charge is -2.50. The molecule has 3 nitrogen and oxygen atoms in total. The van der Waals surface area contributed by atoms with E-state index in [4.69, 9.17) is 0 Å². The number of rotatable bonds is 3. The Morgan fingerprint density at radius 1 is 0.312 bits per heavy atom. The first kappa shape index (κ1) is 38.9. The second-order valence-electron chi connectivity index (χ2n) is 21.5. The van der Waals surface area contributed by atoms with E-state index in [1.165, 1.54) is 117 Å². The van der Waals surface area contributed by atoms with Crippen molar-refractivity contribution in [2.24, 2.45) is 0 Å². The van der Waals surface area contributed by atoms with Gasteiger partial charge < -0.3 is 14.7 Å². The molecule has 3 aliphatic rings. The summed E-state index contributed by atoms with van der Waals surface area (Å²) in [4.78, 5) is 7.86. The van der Waals surface area contributed by atoms with Crippen molar-refractivity contribution in [2.45, 2.75) is 78.6 Å². The molecule has 0 atom stereocenters. The maximum atomic E-state index is 2.62. The summed E-state index contributed by atoms with van der Waals surface area (Å²) in [5, 5.41) is 7.47. The summed E-state index contributed by atoms with van der Waals surface area (Å²) in [6.45, 7) is 20.7. The zero-order chi connectivity index (χ0) is 44.0. The molecule has 0 spiro atoms. The van der Waals surface area contributed by atoms with Crippen LogP contribution in [0.25, 0.3) is 32.3 Å². The van der Waals surface area contributed by atoms with E-state index in [2.05, 4.69) is 241 Å². The molecule has 0 saturated carbocycles.